The van der Waals surface area contributed by atoms with Crippen molar-refractivity contribution in [2.45, 2.75) is 0 Å². The summed E-state index contributed by atoms with van der Waals surface area (Å²) in [5.74, 6) is 0.188. The molecule has 5 nitrogen and oxygen atoms in total. The van der Waals surface area contributed by atoms with Gasteiger partial charge in [-0.2, -0.15) is 0 Å². The average molecular weight is 379 g/mol. The minimum absolute atomic E-state index is 0. The molecule has 0 radical (unpaired) electrons. The van der Waals surface area contributed by atoms with E-state index in [2.05, 4.69) is 4.98 Å². The molecule has 27 heavy (non-hydrogen) atoms. The Hall–Kier alpha value is -3.44. The van der Waals surface area contributed by atoms with Crippen LogP contribution in [0.4, 0.5) is 5.69 Å². The van der Waals surface area contributed by atoms with Gasteiger partial charge in [-0.15, -0.1) is 12.4 Å². The van der Waals surface area contributed by atoms with Gasteiger partial charge in [0.05, 0.1) is 16.1 Å². The van der Waals surface area contributed by atoms with Crippen LogP contribution in [-0.2, 0) is 0 Å². The fourth-order valence-corrected chi connectivity index (χ4v) is 2.96. The molecular weight excluding hydrogens is 364 g/mol. The molecule has 0 aliphatic rings. The normalized spacial score (nSPS) is 10.4. The Morgan fingerprint density at radius 1 is 0.852 bits per heavy atom. The summed E-state index contributed by atoms with van der Waals surface area (Å²) < 4.78 is 0. The summed E-state index contributed by atoms with van der Waals surface area (Å²) in [6.07, 6.45) is 0. The van der Waals surface area contributed by atoms with Gasteiger partial charge in [0.1, 0.15) is 5.75 Å². The summed E-state index contributed by atoms with van der Waals surface area (Å²) in [6.45, 7) is 0. The predicted octanol–water partition coefficient (Wildman–Crippen LogP) is 5.60. The fraction of sp³-hybridized carbons (Fsp3) is 0. The van der Waals surface area contributed by atoms with Gasteiger partial charge in [-0.1, -0.05) is 30.3 Å². The molecule has 0 unspecified atom stereocenters. The second-order valence-electron chi connectivity index (χ2n) is 5.93. The molecule has 1 heterocycles. The van der Waals surface area contributed by atoms with Crippen molar-refractivity contribution in [1.82, 2.24) is 4.98 Å². The topological polar surface area (TPSA) is 76.3 Å². The second-order valence-corrected chi connectivity index (χ2v) is 5.93. The number of nitro benzene ring substituents is 1. The number of non-ortho nitro benzene ring substituents is 1. The largest absolute Gasteiger partial charge is 0.508 e. The number of rotatable bonds is 3. The standard InChI is InChI=1S/C21H14N2O3.ClH/c24-17-9-6-15(7-10-17)21-13-18(14-4-2-1-3-5-14)19-12-16(23(25)26)8-11-20(19)22-21;/h1-13,24H;1H. The lowest BCUT2D eigenvalue weighted by molar-refractivity contribution is -0.384. The molecule has 0 fully saturated rings. The average Bonchev–Trinajstić information content (AvgIpc) is 2.68. The molecule has 1 aromatic heterocycles. The SMILES string of the molecule is Cl.O=[N+]([O-])c1ccc2nc(-c3ccc(O)cc3)cc(-c3ccccc3)c2c1. The molecular formula is C21H15ClN2O3. The minimum atomic E-state index is -0.401. The lowest BCUT2D eigenvalue weighted by atomic mass is 9.98. The van der Waals surface area contributed by atoms with Crippen molar-refractivity contribution >= 4 is 29.0 Å². The highest BCUT2D eigenvalue weighted by molar-refractivity contribution is 5.97. The summed E-state index contributed by atoms with van der Waals surface area (Å²) in [6, 6.07) is 23.1. The van der Waals surface area contributed by atoms with E-state index < -0.39 is 4.92 Å². The van der Waals surface area contributed by atoms with Gasteiger partial charge in [-0.25, -0.2) is 4.98 Å². The third kappa shape index (κ3) is 3.59. The van der Waals surface area contributed by atoms with Crippen LogP contribution in [-0.4, -0.2) is 15.0 Å². The van der Waals surface area contributed by atoms with Crippen LogP contribution in [0.1, 0.15) is 0 Å². The maximum Gasteiger partial charge on any atom is 0.270 e. The van der Waals surface area contributed by atoms with E-state index in [0.29, 0.717) is 5.52 Å². The van der Waals surface area contributed by atoms with Gasteiger partial charge >= 0.3 is 0 Å². The Morgan fingerprint density at radius 3 is 2.22 bits per heavy atom. The first-order valence-electron chi connectivity index (χ1n) is 8.06. The van der Waals surface area contributed by atoms with Gasteiger partial charge in [0.2, 0.25) is 0 Å². The van der Waals surface area contributed by atoms with E-state index >= 15 is 0 Å². The zero-order valence-electron chi connectivity index (χ0n) is 14.1. The Bertz CT molecular complexity index is 1110. The van der Waals surface area contributed by atoms with Crippen molar-refractivity contribution < 1.29 is 10.0 Å². The first-order valence-corrected chi connectivity index (χ1v) is 8.06. The van der Waals surface area contributed by atoms with Crippen LogP contribution in [0.15, 0.2) is 78.9 Å². The van der Waals surface area contributed by atoms with Crippen LogP contribution >= 0.6 is 12.4 Å². The number of nitrogens with zero attached hydrogens (tertiary/aromatic N) is 2. The number of phenolic OH excluding ortho intramolecular Hbond substituents is 1. The van der Waals surface area contributed by atoms with E-state index in [1.807, 2.05) is 36.4 Å². The zero-order valence-corrected chi connectivity index (χ0v) is 14.9. The number of phenols is 1. The van der Waals surface area contributed by atoms with Gasteiger partial charge < -0.3 is 5.11 Å². The molecule has 0 spiro atoms. The summed E-state index contributed by atoms with van der Waals surface area (Å²) >= 11 is 0. The molecule has 0 amide bonds. The number of aromatic nitrogens is 1. The maximum atomic E-state index is 11.2. The third-order valence-corrected chi connectivity index (χ3v) is 4.25. The van der Waals surface area contributed by atoms with Gasteiger partial charge in [-0.05, 0) is 47.5 Å². The van der Waals surface area contributed by atoms with E-state index in [4.69, 9.17) is 0 Å². The highest BCUT2D eigenvalue weighted by atomic mass is 35.5. The van der Waals surface area contributed by atoms with Crippen LogP contribution in [0.2, 0.25) is 0 Å². The molecule has 6 heteroatoms. The molecule has 0 saturated heterocycles. The molecule has 134 valence electrons. The van der Waals surface area contributed by atoms with Crippen LogP contribution in [0.5, 0.6) is 5.75 Å². The number of fused-ring (bicyclic) bond motifs is 1. The molecule has 0 saturated carbocycles. The Balaban J connectivity index is 0.00000210. The Labute approximate surface area is 161 Å². The van der Waals surface area contributed by atoms with Crippen molar-refractivity contribution in [1.29, 1.82) is 0 Å². The lowest BCUT2D eigenvalue weighted by Gasteiger charge is -2.10. The summed E-state index contributed by atoms with van der Waals surface area (Å²) in [5.41, 5.74) is 4.15. The monoisotopic (exact) mass is 378 g/mol. The number of pyridine rings is 1. The predicted molar refractivity (Wildman–Crippen MR) is 108 cm³/mol. The number of nitro groups is 1. The second kappa shape index (κ2) is 7.43. The van der Waals surface area contributed by atoms with Gasteiger partial charge in [0, 0.05) is 23.1 Å². The minimum Gasteiger partial charge on any atom is -0.508 e. The van der Waals surface area contributed by atoms with Crippen molar-refractivity contribution in [3.05, 3.63) is 89.0 Å². The summed E-state index contributed by atoms with van der Waals surface area (Å²) in [7, 11) is 0. The van der Waals surface area contributed by atoms with Crippen molar-refractivity contribution in [2.24, 2.45) is 0 Å². The van der Waals surface area contributed by atoms with Crippen LogP contribution in [0.3, 0.4) is 0 Å². The van der Waals surface area contributed by atoms with Crippen molar-refractivity contribution in [2.75, 3.05) is 0 Å². The lowest BCUT2D eigenvalue weighted by Crippen LogP contribution is -1.92. The molecule has 0 aliphatic carbocycles. The molecule has 4 rings (SSSR count). The van der Waals surface area contributed by atoms with Gasteiger partial charge in [-0.3, -0.25) is 10.1 Å². The molecule has 1 N–H and O–H groups in total. The molecule has 4 aromatic rings. The first-order chi connectivity index (χ1) is 12.6. The van der Waals surface area contributed by atoms with E-state index in [-0.39, 0.29) is 23.8 Å². The first kappa shape index (κ1) is 18.4. The van der Waals surface area contributed by atoms with Crippen LogP contribution in [0.25, 0.3) is 33.3 Å². The smallest absolute Gasteiger partial charge is 0.270 e. The van der Waals surface area contributed by atoms with Gasteiger partial charge in [0.15, 0.2) is 0 Å². The Morgan fingerprint density at radius 2 is 1.56 bits per heavy atom. The van der Waals surface area contributed by atoms with E-state index in [0.717, 1.165) is 27.8 Å². The molecule has 0 aliphatic heterocycles. The fourth-order valence-electron chi connectivity index (χ4n) is 2.96. The molecule has 3 aromatic carbocycles. The van der Waals surface area contributed by atoms with Crippen LogP contribution in [0, 0.1) is 10.1 Å². The van der Waals surface area contributed by atoms with E-state index in [9.17, 15) is 15.2 Å². The van der Waals surface area contributed by atoms with E-state index in [1.165, 1.54) is 6.07 Å². The zero-order chi connectivity index (χ0) is 18.1. The summed E-state index contributed by atoms with van der Waals surface area (Å²) in [5, 5.41) is 21.4. The number of hydrogen-bond donors (Lipinski definition) is 1. The number of halogens is 1. The highest BCUT2D eigenvalue weighted by Crippen LogP contribution is 2.34. The maximum absolute atomic E-state index is 11.2. The van der Waals surface area contributed by atoms with Crippen molar-refractivity contribution in [3.8, 4) is 28.1 Å². The van der Waals surface area contributed by atoms with Gasteiger partial charge in [0.25, 0.3) is 5.69 Å². The van der Waals surface area contributed by atoms with Crippen LogP contribution < -0.4 is 0 Å². The molecule has 0 bridgehead atoms. The number of aromatic hydroxyl groups is 1. The van der Waals surface area contributed by atoms with E-state index in [1.54, 1.807) is 36.4 Å². The molecule has 0 atom stereocenters. The summed E-state index contributed by atoms with van der Waals surface area (Å²) in [4.78, 5) is 15.4. The Kier molecular flexibility index (Phi) is 5.05. The number of benzene rings is 3. The third-order valence-electron chi connectivity index (χ3n) is 4.25. The quantitative estimate of drug-likeness (QED) is 0.371. The van der Waals surface area contributed by atoms with Crippen molar-refractivity contribution in [3.63, 3.8) is 0 Å². The highest BCUT2D eigenvalue weighted by Gasteiger charge is 2.13. The number of hydrogen-bond acceptors (Lipinski definition) is 4.